The second-order valence-electron chi connectivity index (χ2n) is 4.42. The summed E-state index contributed by atoms with van der Waals surface area (Å²) in [5.41, 5.74) is 5.49. The zero-order chi connectivity index (χ0) is 12.1. The molecule has 2 atom stereocenters. The second-order valence-corrected chi connectivity index (χ2v) is 4.42. The van der Waals surface area contributed by atoms with Crippen molar-refractivity contribution in [2.75, 3.05) is 32.7 Å². The molecule has 1 saturated heterocycles. The van der Waals surface area contributed by atoms with Crippen LogP contribution in [-0.2, 0) is 4.79 Å². The molecule has 1 aliphatic rings. The third kappa shape index (κ3) is 3.17. The van der Waals surface area contributed by atoms with E-state index in [0.29, 0.717) is 6.04 Å². The Bertz CT molecular complexity index is 227. The van der Waals surface area contributed by atoms with Crippen molar-refractivity contribution in [2.24, 2.45) is 5.73 Å². The highest BCUT2D eigenvalue weighted by Gasteiger charge is 2.28. The van der Waals surface area contributed by atoms with E-state index in [-0.39, 0.29) is 6.54 Å². The van der Waals surface area contributed by atoms with Gasteiger partial charge in [-0.15, -0.1) is 0 Å². The smallest absolute Gasteiger partial charge is 0.322 e. The van der Waals surface area contributed by atoms with Gasteiger partial charge in [-0.25, -0.2) is 0 Å². The summed E-state index contributed by atoms with van der Waals surface area (Å²) < 4.78 is 0. The molecule has 2 unspecified atom stereocenters. The standard InChI is InChI=1S/C11H23N3O2/c1-3-9(2)13-4-6-14(7-5-13)10(8-12)11(15)16/h9-10H,3-8,12H2,1-2H3,(H,15,16). The van der Waals surface area contributed by atoms with Gasteiger partial charge in [-0.3, -0.25) is 14.6 Å². The molecule has 16 heavy (non-hydrogen) atoms. The number of piperazine rings is 1. The van der Waals surface area contributed by atoms with E-state index in [1.165, 1.54) is 0 Å². The SMILES string of the molecule is CCC(C)N1CCN(C(CN)C(=O)O)CC1. The summed E-state index contributed by atoms with van der Waals surface area (Å²) in [6.07, 6.45) is 1.14. The molecule has 1 fully saturated rings. The minimum Gasteiger partial charge on any atom is -0.480 e. The van der Waals surface area contributed by atoms with Gasteiger partial charge in [0.1, 0.15) is 6.04 Å². The fourth-order valence-electron chi connectivity index (χ4n) is 2.15. The predicted molar refractivity (Wildman–Crippen MR) is 63.4 cm³/mol. The third-order valence-electron chi connectivity index (χ3n) is 3.51. The van der Waals surface area contributed by atoms with E-state index in [9.17, 15) is 4.79 Å². The van der Waals surface area contributed by atoms with Crippen molar-refractivity contribution >= 4 is 5.97 Å². The molecule has 5 nitrogen and oxygen atoms in total. The van der Waals surface area contributed by atoms with Gasteiger partial charge in [-0.1, -0.05) is 6.92 Å². The first-order valence-electron chi connectivity index (χ1n) is 6.01. The van der Waals surface area contributed by atoms with Crippen LogP contribution >= 0.6 is 0 Å². The highest BCUT2D eigenvalue weighted by atomic mass is 16.4. The van der Waals surface area contributed by atoms with Gasteiger partial charge in [0.05, 0.1) is 0 Å². The summed E-state index contributed by atoms with van der Waals surface area (Å²) in [5, 5.41) is 9.01. The fourth-order valence-corrected chi connectivity index (χ4v) is 2.15. The summed E-state index contributed by atoms with van der Waals surface area (Å²) >= 11 is 0. The molecule has 1 aliphatic heterocycles. The molecule has 0 saturated carbocycles. The average molecular weight is 229 g/mol. The van der Waals surface area contributed by atoms with Gasteiger partial charge in [-0.2, -0.15) is 0 Å². The van der Waals surface area contributed by atoms with E-state index in [4.69, 9.17) is 10.8 Å². The molecule has 5 heteroatoms. The molecule has 0 radical (unpaired) electrons. The Labute approximate surface area is 97.2 Å². The Morgan fingerprint density at radius 2 is 1.81 bits per heavy atom. The van der Waals surface area contributed by atoms with Gasteiger partial charge < -0.3 is 10.8 Å². The van der Waals surface area contributed by atoms with Crippen LogP contribution in [0.15, 0.2) is 0 Å². The molecule has 1 rings (SSSR count). The summed E-state index contributed by atoms with van der Waals surface area (Å²) in [4.78, 5) is 15.3. The van der Waals surface area contributed by atoms with Crippen molar-refractivity contribution in [3.8, 4) is 0 Å². The number of aliphatic carboxylic acids is 1. The third-order valence-corrected chi connectivity index (χ3v) is 3.51. The lowest BCUT2D eigenvalue weighted by Crippen LogP contribution is -2.56. The van der Waals surface area contributed by atoms with Gasteiger partial charge in [0, 0.05) is 38.8 Å². The van der Waals surface area contributed by atoms with Gasteiger partial charge in [0.25, 0.3) is 0 Å². The zero-order valence-corrected chi connectivity index (χ0v) is 10.2. The number of hydrogen-bond acceptors (Lipinski definition) is 4. The minimum absolute atomic E-state index is 0.193. The topological polar surface area (TPSA) is 69.8 Å². The van der Waals surface area contributed by atoms with E-state index in [2.05, 4.69) is 18.7 Å². The van der Waals surface area contributed by atoms with E-state index >= 15 is 0 Å². The highest BCUT2D eigenvalue weighted by Crippen LogP contribution is 2.10. The largest absolute Gasteiger partial charge is 0.480 e. The predicted octanol–water partition coefficient (Wildman–Crippen LogP) is -0.186. The maximum Gasteiger partial charge on any atom is 0.322 e. The summed E-state index contributed by atoms with van der Waals surface area (Å²) in [7, 11) is 0. The van der Waals surface area contributed by atoms with Crippen LogP contribution in [0.4, 0.5) is 0 Å². The zero-order valence-electron chi connectivity index (χ0n) is 10.2. The normalized spacial score (nSPS) is 22.9. The first-order valence-corrected chi connectivity index (χ1v) is 6.01. The summed E-state index contributed by atoms with van der Waals surface area (Å²) in [6, 6.07) is 0.0717. The molecule has 0 aromatic heterocycles. The Morgan fingerprint density at radius 3 is 2.19 bits per heavy atom. The minimum atomic E-state index is -0.806. The van der Waals surface area contributed by atoms with E-state index < -0.39 is 12.0 Å². The number of hydrogen-bond donors (Lipinski definition) is 2. The average Bonchev–Trinajstić information content (AvgIpc) is 2.29. The first-order chi connectivity index (χ1) is 7.60. The molecule has 1 heterocycles. The number of carboxylic acid groups (broad SMARTS) is 1. The Morgan fingerprint density at radius 1 is 1.31 bits per heavy atom. The quantitative estimate of drug-likeness (QED) is 0.684. The molecule has 3 N–H and O–H groups in total. The van der Waals surface area contributed by atoms with Gasteiger partial charge in [0.2, 0.25) is 0 Å². The first kappa shape index (κ1) is 13.4. The van der Waals surface area contributed by atoms with Crippen molar-refractivity contribution in [1.82, 2.24) is 9.80 Å². The fraction of sp³-hybridized carbons (Fsp3) is 0.909. The maximum absolute atomic E-state index is 11.0. The molecule has 0 amide bonds. The van der Waals surface area contributed by atoms with Gasteiger partial charge >= 0.3 is 5.97 Å². The van der Waals surface area contributed by atoms with Crippen molar-refractivity contribution in [3.05, 3.63) is 0 Å². The monoisotopic (exact) mass is 229 g/mol. The van der Waals surface area contributed by atoms with Crippen LogP contribution in [0.1, 0.15) is 20.3 Å². The van der Waals surface area contributed by atoms with E-state index in [0.717, 1.165) is 32.6 Å². The molecule has 0 aromatic carbocycles. The van der Waals surface area contributed by atoms with Gasteiger partial charge in [-0.05, 0) is 13.3 Å². The van der Waals surface area contributed by atoms with Crippen molar-refractivity contribution < 1.29 is 9.90 Å². The molecule has 94 valence electrons. The molecular formula is C11H23N3O2. The molecule has 0 aliphatic carbocycles. The van der Waals surface area contributed by atoms with Crippen LogP contribution in [-0.4, -0.2) is 65.7 Å². The number of carboxylic acids is 1. The molecular weight excluding hydrogens is 206 g/mol. The Balaban J connectivity index is 2.44. The van der Waals surface area contributed by atoms with E-state index in [1.54, 1.807) is 0 Å². The van der Waals surface area contributed by atoms with Crippen LogP contribution in [0.25, 0.3) is 0 Å². The van der Waals surface area contributed by atoms with Crippen LogP contribution in [0.3, 0.4) is 0 Å². The van der Waals surface area contributed by atoms with Crippen molar-refractivity contribution in [2.45, 2.75) is 32.4 Å². The van der Waals surface area contributed by atoms with Crippen LogP contribution in [0, 0.1) is 0 Å². The highest BCUT2D eigenvalue weighted by molar-refractivity contribution is 5.73. The number of rotatable bonds is 5. The van der Waals surface area contributed by atoms with Gasteiger partial charge in [0.15, 0.2) is 0 Å². The van der Waals surface area contributed by atoms with Crippen LogP contribution in [0.2, 0.25) is 0 Å². The van der Waals surface area contributed by atoms with E-state index in [1.807, 2.05) is 4.90 Å². The second kappa shape index (κ2) is 6.18. The molecule has 0 aromatic rings. The number of nitrogens with two attached hydrogens (primary N) is 1. The Kier molecular flexibility index (Phi) is 5.18. The lowest BCUT2D eigenvalue weighted by atomic mass is 10.1. The van der Waals surface area contributed by atoms with Crippen LogP contribution in [0.5, 0.6) is 0 Å². The lowest BCUT2D eigenvalue weighted by Gasteiger charge is -2.39. The van der Waals surface area contributed by atoms with Crippen molar-refractivity contribution in [1.29, 1.82) is 0 Å². The molecule has 0 spiro atoms. The number of carbonyl (C=O) groups is 1. The maximum atomic E-state index is 11.0. The van der Waals surface area contributed by atoms with Crippen molar-refractivity contribution in [3.63, 3.8) is 0 Å². The summed E-state index contributed by atoms with van der Waals surface area (Å²) in [5.74, 6) is -0.806. The lowest BCUT2D eigenvalue weighted by molar-refractivity contribution is -0.143. The number of nitrogens with zero attached hydrogens (tertiary/aromatic N) is 2. The summed E-state index contributed by atoms with van der Waals surface area (Å²) in [6.45, 7) is 8.08. The molecule has 0 bridgehead atoms. The Hall–Kier alpha value is -0.650. The van der Waals surface area contributed by atoms with Crippen LogP contribution < -0.4 is 5.73 Å².